The molecular formula is C13H20N2S2. The third kappa shape index (κ3) is 2.15. The van der Waals surface area contributed by atoms with Crippen LogP contribution >= 0.6 is 23.3 Å². The van der Waals surface area contributed by atoms with Gasteiger partial charge < -0.3 is 0 Å². The summed E-state index contributed by atoms with van der Waals surface area (Å²) < 4.78 is 4.02. The Kier molecular flexibility index (Phi) is 3.22. The van der Waals surface area contributed by atoms with Gasteiger partial charge >= 0.3 is 0 Å². The molecule has 1 aromatic heterocycles. The van der Waals surface area contributed by atoms with E-state index in [-0.39, 0.29) is 0 Å². The van der Waals surface area contributed by atoms with Crippen molar-refractivity contribution in [2.45, 2.75) is 56.2 Å². The molecule has 1 aliphatic heterocycles. The van der Waals surface area contributed by atoms with E-state index in [0.29, 0.717) is 5.41 Å². The van der Waals surface area contributed by atoms with Crippen LogP contribution in [-0.4, -0.2) is 21.9 Å². The first-order chi connectivity index (χ1) is 8.22. The second kappa shape index (κ2) is 4.56. The molecule has 2 heterocycles. The van der Waals surface area contributed by atoms with E-state index in [1.54, 1.807) is 11.3 Å². The summed E-state index contributed by atoms with van der Waals surface area (Å²) in [6, 6.07) is 0.729. The van der Waals surface area contributed by atoms with Crippen LogP contribution in [0.5, 0.6) is 0 Å². The molecule has 4 heteroatoms. The molecule has 2 fully saturated rings. The highest BCUT2D eigenvalue weighted by molar-refractivity contribution is 7.99. The van der Waals surface area contributed by atoms with Gasteiger partial charge in [0.2, 0.25) is 0 Å². The van der Waals surface area contributed by atoms with Crippen LogP contribution in [0.1, 0.15) is 45.2 Å². The Morgan fingerprint density at radius 2 is 2.41 bits per heavy atom. The predicted octanol–water partition coefficient (Wildman–Crippen LogP) is 3.98. The number of hydrogen-bond acceptors (Lipinski definition) is 4. The van der Waals surface area contributed by atoms with Gasteiger partial charge in [-0.3, -0.25) is 0 Å². The van der Waals surface area contributed by atoms with E-state index in [2.05, 4.69) is 23.1 Å². The van der Waals surface area contributed by atoms with Crippen LogP contribution in [0.25, 0.3) is 0 Å². The Balaban J connectivity index is 1.69. The first kappa shape index (κ1) is 12.0. The van der Waals surface area contributed by atoms with Gasteiger partial charge in [-0.05, 0) is 50.0 Å². The average Bonchev–Trinajstić information content (AvgIpc) is 2.84. The Bertz CT molecular complexity index is 398. The van der Waals surface area contributed by atoms with Crippen molar-refractivity contribution in [2.24, 2.45) is 5.41 Å². The van der Waals surface area contributed by atoms with Gasteiger partial charge in [0.1, 0.15) is 0 Å². The van der Waals surface area contributed by atoms with E-state index in [1.165, 1.54) is 42.1 Å². The predicted molar refractivity (Wildman–Crippen MR) is 74.4 cm³/mol. The molecule has 0 aromatic carbocycles. The number of aromatic nitrogens is 1. The number of nitrogens with zero attached hydrogens (tertiary/aromatic N) is 2. The zero-order chi connectivity index (χ0) is 11.9. The molecule has 1 aromatic rings. The molecule has 1 spiro atoms. The minimum Gasteiger partial charge on any atom is -0.248 e. The van der Waals surface area contributed by atoms with E-state index in [0.717, 1.165) is 12.5 Å². The molecule has 94 valence electrons. The van der Waals surface area contributed by atoms with E-state index in [4.69, 9.17) is 0 Å². The van der Waals surface area contributed by atoms with Crippen LogP contribution in [0, 0.1) is 5.41 Å². The van der Waals surface area contributed by atoms with Crippen LogP contribution < -0.4 is 0 Å². The molecule has 1 atom stereocenters. The second-order valence-corrected chi connectivity index (χ2v) is 7.69. The lowest BCUT2D eigenvalue weighted by molar-refractivity contribution is 0.154. The molecule has 0 amide bonds. The lowest BCUT2D eigenvalue weighted by Gasteiger charge is -2.38. The molecule has 2 aliphatic rings. The van der Waals surface area contributed by atoms with Crippen molar-refractivity contribution >= 4 is 23.3 Å². The average molecular weight is 268 g/mol. The van der Waals surface area contributed by atoms with Crippen molar-refractivity contribution < 1.29 is 0 Å². The van der Waals surface area contributed by atoms with Gasteiger partial charge in [0.25, 0.3) is 0 Å². The van der Waals surface area contributed by atoms with Gasteiger partial charge in [0.05, 0.1) is 15.4 Å². The zero-order valence-electron chi connectivity index (χ0n) is 10.6. The van der Waals surface area contributed by atoms with Gasteiger partial charge in [-0.25, -0.2) is 9.29 Å². The number of hydrogen-bond donors (Lipinski definition) is 0. The van der Waals surface area contributed by atoms with Crippen molar-refractivity contribution in [3.05, 3.63) is 11.2 Å². The summed E-state index contributed by atoms with van der Waals surface area (Å²) in [5, 5.41) is 0. The zero-order valence-corrected chi connectivity index (χ0v) is 12.2. The minimum atomic E-state index is 0.684. The van der Waals surface area contributed by atoms with Crippen molar-refractivity contribution in [3.63, 3.8) is 0 Å². The minimum absolute atomic E-state index is 0.684. The highest BCUT2D eigenvalue weighted by Gasteiger charge is 2.46. The molecule has 0 radical (unpaired) electrons. The monoisotopic (exact) mass is 268 g/mol. The molecule has 1 saturated carbocycles. The van der Waals surface area contributed by atoms with Crippen LogP contribution in [0.15, 0.2) is 9.72 Å². The fourth-order valence-corrected chi connectivity index (χ4v) is 5.42. The smallest absolute Gasteiger partial charge is 0.0984 e. The molecule has 1 aliphatic carbocycles. The lowest BCUT2D eigenvalue weighted by atomic mass is 9.68. The topological polar surface area (TPSA) is 16.1 Å². The summed E-state index contributed by atoms with van der Waals surface area (Å²) >= 11 is 3.76. The maximum Gasteiger partial charge on any atom is 0.0984 e. The summed E-state index contributed by atoms with van der Waals surface area (Å²) in [6.07, 6.45) is 6.82. The maximum absolute atomic E-state index is 4.44. The fraction of sp³-hybridized carbons (Fsp3) is 0.769. The number of rotatable bonds is 3. The highest BCUT2D eigenvalue weighted by atomic mass is 32.2. The van der Waals surface area contributed by atoms with Crippen LogP contribution in [0.3, 0.4) is 0 Å². The Labute approximate surface area is 112 Å². The normalized spacial score (nSPS) is 27.5. The molecule has 17 heavy (non-hydrogen) atoms. The molecule has 3 rings (SSSR count). The Morgan fingerprint density at radius 3 is 3.00 bits per heavy atom. The van der Waals surface area contributed by atoms with Crippen LogP contribution in [0.2, 0.25) is 0 Å². The standard InChI is InChI=1S/C13H20N2S2/c1-3-11-12(16-9-14-11)17-15-8-13(5-4-6-13)7-10(15)2/h9-10H,3-8H2,1-2H3. The molecular weight excluding hydrogens is 248 g/mol. The van der Waals surface area contributed by atoms with Crippen LogP contribution in [0.4, 0.5) is 0 Å². The molecule has 1 saturated heterocycles. The first-order valence-electron chi connectivity index (χ1n) is 6.59. The quantitative estimate of drug-likeness (QED) is 0.772. The van der Waals surface area contributed by atoms with Gasteiger partial charge in [-0.15, -0.1) is 11.3 Å². The van der Waals surface area contributed by atoms with E-state index >= 15 is 0 Å². The van der Waals surface area contributed by atoms with E-state index in [1.807, 2.05) is 17.5 Å². The van der Waals surface area contributed by atoms with Gasteiger partial charge in [0, 0.05) is 12.6 Å². The number of aryl methyl sites for hydroxylation is 1. The molecule has 0 bridgehead atoms. The Morgan fingerprint density at radius 1 is 1.59 bits per heavy atom. The van der Waals surface area contributed by atoms with E-state index in [9.17, 15) is 0 Å². The summed E-state index contributed by atoms with van der Waals surface area (Å²) in [5.74, 6) is 0. The first-order valence-corrected chi connectivity index (χ1v) is 8.25. The highest BCUT2D eigenvalue weighted by Crippen LogP contribution is 2.52. The second-order valence-electron chi connectivity index (χ2n) is 5.51. The lowest BCUT2D eigenvalue weighted by Crippen LogP contribution is -2.31. The Hall–Kier alpha value is -0.0600. The fourth-order valence-electron chi connectivity index (χ4n) is 3.12. The number of thiazole rings is 1. The summed E-state index contributed by atoms with van der Waals surface area (Å²) in [6.45, 7) is 5.87. The van der Waals surface area contributed by atoms with Crippen molar-refractivity contribution in [2.75, 3.05) is 6.54 Å². The van der Waals surface area contributed by atoms with Crippen molar-refractivity contribution in [1.29, 1.82) is 0 Å². The van der Waals surface area contributed by atoms with Gasteiger partial charge in [-0.1, -0.05) is 13.3 Å². The summed E-state index contributed by atoms with van der Waals surface area (Å²) in [4.78, 5) is 4.44. The maximum atomic E-state index is 4.44. The van der Waals surface area contributed by atoms with Crippen molar-refractivity contribution in [1.82, 2.24) is 9.29 Å². The third-order valence-corrected chi connectivity index (χ3v) is 6.56. The molecule has 1 unspecified atom stereocenters. The van der Waals surface area contributed by atoms with Crippen LogP contribution in [-0.2, 0) is 6.42 Å². The SMILES string of the molecule is CCc1ncsc1SN1CC2(CCC2)CC1C. The largest absolute Gasteiger partial charge is 0.248 e. The summed E-state index contributed by atoms with van der Waals surface area (Å²) in [7, 11) is 0. The molecule has 2 nitrogen and oxygen atoms in total. The molecule has 0 N–H and O–H groups in total. The van der Waals surface area contributed by atoms with E-state index < -0.39 is 0 Å². The van der Waals surface area contributed by atoms with Gasteiger partial charge in [0.15, 0.2) is 0 Å². The van der Waals surface area contributed by atoms with Crippen molar-refractivity contribution in [3.8, 4) is 0 Å². The third-order valence-electron chi connectivity index (χ3n) is 4.26. The summed E-state index contributed by atoms with van der Waals surface area (Å²) in [5.41, 5.74) is 3.95. The van der Waals surface area contributed by atoms with Gasteiger partial charge in [-0.2, -0.15) is 0 Å².